The second-order valence-corrected chi connectivity index (χ2v) is 8.36. The van der Waals surface area contributed by atoms with Gasteiger partial charge in [-0.1, -0.05) is 44.2 Å². The summed E-state index contributed by atoms with van der Waals surface area (Å²) >= 11 is 3.13. The molecular formula is C14H15FN4S2. The van der Waals surface area contributed by atoms with Crippen LogP contribution < -0.4 is 0 Å². The summed E-state index contributed by atoms with van der Waals surface area (Å²) in [6.07, 6.45) is 0. The Hall–Kier alpha value is -1.47. The highest BCUT2D eigenvalue weighted by molar-refractivity contribution is 7.99. The number of rotatable bonds is 3. The standard InChI is InChI=1S/C14H15FN4S2/c1-14(2,3)20-8-11-16-17-13-19(11)18-12(21-13)9-6-4-5-7-10(9)15/h4-7H,8H2,1-3H3. The molecule has 21 heavy (non-hydrogen) atoms. The lowest BCUT2D eigenvalue weighted by molar-refractivity contribution is 0.630. The highest BCUT2D eigenvalue weighted by atomic mass is 32.2. The fraction of sp³-hybridized carbons (Fsp3) is 0.357. The highest BCUT2D eigenvalue weighted by Gasteiger charge is 2.17. The Balaban J connectivity index is 1.95. The lowest BCUT2D eigenvalue weighted by Crippen LogP contribution is -2.08. The molecule has 110 valence electrons. The third-order valence-electron chi connectivity index (χ3n) is 2.79. The van der Waals surface area contributed by atoms with Gasteiger partial charge in [-0.25, -0.2) is 4.39 Å². The predicted octanol–water partition coefficient (Wildman–Crippen LogP) is 4.02. The molecule has 0 aliphatic heterocycles. The third-order valence-corrected chi connectivity index (χ3v) is 4.99. The molecular weight excluding hydrogens is 307 g/mol. The van der Waals surface area contributed by atoms with Gasteiger partial charge in [0.1, 0.15) is 5.82 Å². The maximum Gasteiger partial charge on any atom is 0.235 e. The first kappa shape index (κ1) is 14.5. The molecule has 0 aliphatic carbocycles. The third kappa shape index (κ3) is 3.08. The van der Waals surface area contributed by atoms with Crippen LogP contribution in [-0.2, 0) is 5.75 Å². The van der Waals surface area contributed by atoms with Gasteiger partial charge in [-0.3, -0.25) is 0 Å². The van der Waals surface area contributed by atoms with Crippen LogP contribution in [0.2, 0.25) is 0 Å². The molecule has 3 aromatic rings. The molecule has 0 amide bonds. The molecule has 0 radical (unpaired) electrons. The summed E-state index contributed by atoms with van der Waals surface area (Å²) < 4.78 is 15.7. The Morgan fingerprint density at radius 1 is 1.24 bits per heavy atom. The maximum atomic E-state index is 13.8. The number of halogens is 1. The second-order valence-electron chi connectivity index (χ2n) is 5.60. The summed E-state index contributed by atoms with van der Waals surface area (Å²) in [5.74, 6) is 1.25. The van der Waals surface area contributed by atoms with Gasteiger partial charge in [0.25, 0.3) is 0 Å². The van der Waals surface area contributed by atoms with E-state index in [0.717, 1.165) is 11.6 Å². The van der Waals surface area contributed by atoms with E-state index < -0.39 is 0 Å². The smallest absolute Gasteiger partial charge is 0.206 e. The van der Waals surface area contributed by atoms with Gasteiger partial charge in [0.15, 0.2) is 10.8 Å². The Morgan fingerprint density at radius 2 is 2.00 bits per heavy atom. The van der Waals surface area contributed by atoms with Crippen molar-refractivity contribution in [3.05, 3.63) is 35.9 Å². The number of aromatic nitrogens is 4. The Kier molecular flexibility index (Phi) is 3.71. The first-order chi connectivity index (χ1) is 9.94. The first-order valence-electron chi connectivity index (χ1n) is 6.54. The van der Waals surface area contributed by atoms with Crippen LogP contribution in [0.25, 0.3) is 15.5 Å². The lowest BCUT2D eigenvalue weighted by Gasteiger charge is -2.16. The molecule has 0 unspecified atom stereocenters. The highest BCUT2D eigenvalue weighted by Crippen LogP contribution is 2.30. The molecule has 0 aliphatic rings. The van der Waals surface area contributed by atoms with E-state index in [1.807, 2.05) is 0 Å². The topological polar surface area (TPSA) is 43.1 Å². The molecule has 0 atom stereocenters. The van der Waals surface area contributed by atoms with Gasteiger partial charge in [0.05, 0.1) is 5.75 Å². The summed E-state index contributed by atoms with van der Waals surface area (Å²) in [5.41, 5.74) is 0.502. The van der Waals surface area contributed by atoms with Crippen molar-refractivity contribution in [2.75, 3.05) is 0 Å². The van der Waals surface area contributed by atoms with Gasteiger partial charge in [0, 0.05) is 10.3 Å². The van der Waals surface area contributed by atoms with Crippen LogP contribution in [0.15, 0.2) is 24.3 Å². The Bertz CT molecular complexity index is 773. The summed E-state index contributed by atoms with van der Waals surface area (Å²) in [6, 6.07) is 6.64. The monoisotopic (exact) mass is 322 g/mol. The van der Waals surface area contributed by atoms with Crippen LogP contribution >= 0.6 is 23.1 Å². The molecule has 7 heteroatoms. The first-order valence-corrected chi connectivity index (χ1v) is 8.34. The van der Waals surface area contributed by atoms with Crippen molar-refractivity contribution >= 4 is 28.1 Å². The molecule has 0 N–H and O–H groups in total. The lowest BCUT2D eigenvalue weighted by atomic mass is 10.2. The van der Waals surface area contributed by atoms with E-state index in [9.17, 15) is 4.39 Å². The number of fused-ring (bicyclic) bond motifs is 1. The average Bonchev–Trinajstić information content (AvgIpc) is 2.96. The van der Waals surface area contributed by atoms with Crippen molar-refractivity contribution in [3.8, 4) is 10.6 Å². The molecule has 2 aromatic heterocycles. The van der Waals surface area contributed by atoms with Crippen LogP contribution in [0.1, 0.15) is 26.6 Å². The van der Waals surface area contributed by atoms with E-state index in [4.69, 9.17) is 0 Å². The van der Waals surface area contributed by atoms with Crippen molar-refractivity contribution in [1.29, 1.82) is 0 Å². The minimum absolute atomic E-state index is 0.149. The average molecular weight is 322 g/mol. The second kappa shape index (κ2) is 5.38. The molecule has 0 fully saturated rings. The van der Waals surface area contributed by atoms with Gasteiger partial charge in [-0.15, -0.1) is 22.0 Å². The van der Waals surface area contributed by atoms with Crippen LogP contribution in [-0.4, -0.2) is 24.6 Å². The Morgan fingerprint density at radius 3 is 2.71 bits per heavy atom. The number of hydrogen-bond donors (Lipinski definition) is 0. The van der Waals surface area contributed by atoms with Crippen molar-refractivity contribution < 1.29 is 4.39 Å². The molecule has 3 rings (SSSR count). The molecule has 0 bridgehead atoms. The fourth-order valence-corrected chi connectivity index (χ4v) is 3.40. The van der Waals surface area contributed by atoms with E-state index in [1.165, 1.54) is 17.4 Å². The largest absolute Gasteiger partial charge is 0.235 e. The van der Waals surface area contributed by atoms with E-state index in [1.54, 1.807) is 34.5 Å². The summed E-state index contributed by atoms with van der Waals surface area (Å²) in [5, 5.41) is 13.4. The van der Waals surface area contributed by atoms with Crippen molar-refractivity contribution in [2.24, 2.45) is 0 Å². The van der Waals surface area contributed by atoms with E-state index in [0.29, 0.717) is 15.5 Å². The zero-order chi connectivity index (χ0) is 15.0. The zero-order valence-electron chi connectivity index (χ0n) is 12.0. The van der Waals surface area contributed by atoms with Gasteiger partial charge in [-0.05, 0) is 12.1 Å². The van der Waals surface area contributed by atoms with Crippen molar-refractivity contribution in [3.63, 3.8) is 0 Å². The Labute approximate surface area is 130 Å². The van der Waals surface area contributed by atoms with Crippen LogP contribution in [0.5, 0.6) is 0 Å². The number of nitrogens with zero attached hydrogens (tertiary/aromatic N) is 4. The van der Waals surface area contributed by atoms with E-state index >= 15 is 0 Å². The number of hydrogen-bond acceptors (Lipinski definition) is 5. The SMILES string of the molecule is CC(C)(C)SCc1nnc2sc(-c3ccccc3F)nn12. The normalized spacial score (nSPS) is 12.2. The summed E-state index contributed by atoms with van der Waals surface area (Å²) in [7, 11) is 0. The maximum absolute atomic E-state index is 13.8. The van der Waals surface area contributed by atoms with Gasteiger partial charge < -0.3 is 0 Å². The predicted molar refractivity (Wildman–Crippen MR) is 85.1 cm³/mol. The minimum Gasteiger partial charge on any atom is -0.206 e. The number of benzene rings is 1. The van der Waals surface area contributed by atoms with Crippen molar-refractivity contribution in [2.45, 2.75) is 31.3 Å². The molecule has 1 aromatic carbocycles. The van der Waals surface area contributed by atoms with Gasteiger partial charge >= 0.3 is 0 Å². The fourth-order valence-electron chi connectivity index (χ4n) is 1.77. The summed E-state index contributed by atoms with van der Waals surface area (Å²) in [6.45, 7) is 6.46. The van der Waals surface area contributed by atoms with E-state index in [2.05, 4.69) is 36.1 Å². The molecule has 4 nitrogen and oxygen atoms in total. The van der Waals surface area contributed by atoms with Gasteiger partial charge in [0.2, 0.25) is 4.96 Å². The zero-order valence-corrected chi connectivity index (χ0v) is 13.6. The van der Waals surface area contributed by atoms with Crippen LogP contribution in [0.3, 0.4) is 0 Å². The van der Waals surface area contributed by atoms with Crippen LogP contribution in [0, 0.1) is 5.82 Å². The minimum atomic E-state index is -0.270. The number of thioether (sulfide) groups is 1. The molecule has 0 spiro atoms. The van der Waals surface area contributed by atoms with Crippen molar-refractivity contribution in [1.82, 2.24) is 19.8 Å². The van der Waals surface area contributed by atoms with Crippen LogP contribution in [0.4, 0.5) is 4.39 Å². The molecule has 0 saturated heterocycles. The summed E-state index contributed by atoms with van der Waals surface area (Å²) in [4.78, 5) is 0.692. The quantitative estimate of drug-likeness (QED) is 0.730. The van der Waals surface area contributed by atoms with E-state index in [-0.39, 0.29) is 10.6 Å². The van der Waals surface area contributed by atoms with Gasteiger partial charge in [-0.2, -0.15) is 9.61 Å². The molecule has 0 saturated carbocycles. The molecule has 2 heterocycles.